The lowest BCUT2D eigenvalue weighted by atomic mass is 10.1. The summed E-state index contributed by atoms with van der Waals surface area (Å²) in [6, 6.07) is 7.24. The minimum atomic E-state index is -0.255. The lowest BCUT2D eigenvalue weighted by Gasteiger charge is -2.26. The van der Waals surface area contributed by atoms with Gasteiger partial charge in [0.25, 0.3) is 5.91 Å². The molecular formula is C16H24N2O3. The number of hydrogen-bond donors (Lipinski definition) is 2. The zero-order valence-electron chi connectivity index (χ0n) is 12.9. The monoisotopic (exact) mass is 292 g/mol. The molecule has 5 nitrogen and oxygen atoms in total. The number of amides is 2. The Morgan fingerprint density at radius 3 is 2.38 bits per heavy atom. The van der Waals surface area contributed by atoms with E-state index in [9.17, 15) is 9.59 Å². The average molecular weight is 292 g/mol. The second-order valence-electron chi connectivity index (χ2n) is 5.31. The van der Waals surface area contributed by atoms with Crippen LogP contribution in [0.2, 0.25) is 0 Å². The van der Waals surface area contributed by atoms with Gasteiger partial charge in [0.1, 0.15) is 0 Å². The van der Waals surface area contributed by atoms with E-state index < -0.39 is 0 Å². The van der Waals surface area contributed by atoms with Crippen molar-refractivity contribution in [1.29, 1.82) is 0 Å². The summed E-state index contributed by atoms with van der Waals surface area (Å²) in [5.74, 6) is -0.395. The summed E-state index contributed by atoms with van der Waals surface area (Å²) >= 11 is 0. The van der Waals surface area contributed by atoms with Crippen molar-refractivity contribution in [2.24, 2.45) is 0 Å². The molecule has 5 heteroatoms. The smallest absolute Gasteiger partial charge is 0.251 e. The maximum Gasteiger partial charge on any atom is 0.251 e. The molecule has 116 valence electrons. The van der Waals surface area contributed by atoms with Gasteiger partial charge in [0.05, 0.1) is 6.54 Å². The Hall–Kier alpha value is -1.88. The van der Waals surface area contributed by atoms with Crippen molar-refractivity contribution in [1.82, 2.24) is 10.2 Å². The highest BCUT2D eigenvalue weighted by molar-refractivity contribution is 5.96. The van der Waals surface area contributed by atoms with Crippen LogP contribution in [-0.2, 0) is 4.79 Å². The summed E-state index contributed by atoms with van der Waals surface area (Å²) in [5, 5.41) is 11.5. The molecule has 0 unspecified atom stereocenters. The van der Waals surface area contributed by atoms with Crippen LogP contribution in [0.25, 0.3) is 0 Å². The number of hydrogen-bond acceptors (Lipinski definition) is 3. The fraction of sp³-hybridized carbons (Fsp3) is 0.500. The van der Waals surface area contributed by atoms with E-state index >= 15 is 0 Å². The van der Waals surface area contributed by atoms with Crippen LogP contribution < -0.4 is 5.32 Å². The minimum Gasteiger partial charge on any atom is -0.396 e. The Labute approximate surface area is 126 Å². The first-order chi connectivity index (χ1) is 9.95. The van der Waals surface area contributed by atoms with E-state index in [0.29, 0.717) is 18.5 Å². The van der Waals surface area contributed by atoms with E-state index in [1.165, 1.54) is 0 Å². The third kappa shape index (κ3) is 5.55. The van der Waals surface area contributed by atoms with Crippen molar-refractivity contribution >= 4 is 11.8 Å². The van der Waals surface area contributed by atoms with Crippen LogP contribution in [0.15, 0.2) is 24.3 Å². The molecule has 0 saturated carbocycles. The van der Waals surface area contributed by atoms with E-state index in [4.69, 9.17) is 5.11 Å². The standard InChI is InChI=1S/C16H24N2O3/c1-12(2)18(9-4-10-19)15(20)11-17-16(21)14-7-5-13(3)6-8-14/h5-8,12,19H,4,9-11H2,1-3H3,(H,17,21). The Morgan fingerprint density at radius 1 is 1.24 bits per heavy atom. The lowest BCUT2D eigenvalue weighted by Crippen LogP contribution is -2.44. The number of nitrogens with one attached hydrogen (secondary N) is 1. The number of aryl methyl sites for hydroxylation is 1. The molecule has 2 N–H and O–H groups in total. The molecule has 0 radical (unpaired) electrons. The van der Waals surface area contributed by atoms with Crippen LogP contribution in [0.1, 0.15) is 36.2 Å². The molecule has 0 fully saturated rings. The predicted octanol–water partition coefficient (Wildman–Crippen LogP) is 1.34. The third-order valence-corrected chi connectivity index (χ3v) is 3.21. The van der Waals surface area contributed by atoms with E-state index in [0.717, 1.165) is 5.56 Å². The third-order valence-electron chi connectivity index (χ3n) is 3.21. The van der Waals surface area contributed by atoms with Gasteiger partial charge in [-0.05, 0) is 39.3 Å². The number of carbonyl (C=O) groups is 2. The molecule has 0 atom stereocenters. The van der Waals surface area contributed by atoms with Gasteiger partial charge in [0.2, 0.25) is 5.91 Å². The molecule has 1 rings (SSSR count). The van der Waals surface area contributed by atoms with Crippen LogP contribution in [-0.4, -0.2) is 47.6 Å². The van der Waals surface area contributed by atoms with Crippen LogP contribution in [0.3, 0.4) is 0 Å². The van der Waals surface area contributed by atoms with E-state index in [1.807, 2.05) is 32.9 Å². The quantitative estimate of drug-likeness (QED) is 0.797. The Morgan fingerprint density at radius 2 is 1.86 bits per heavy atom. The summed E-state index contributed by atoms with van der Waals surface area (Å²) in [6.07, 6.45) is 0.538. The van der Waals surface area contributed by atoms with E-state index in [-0.39, 0.29) is 31.0 Å². The zero-order chi connectivity index (χ0) is 15.8. The van der Waals surface area contributed by atoms with Crippen LogP contribution in [0.4, 0.5) is 0 Å². The Balaban J connectivity index is 2.54. The second-order valence-corrected chi connectivity index (χ2v) is 5.31. The highest BCUT2D eigenvalue weighted by Crippen LogP contribution is 2.03. The first kappa shape index (κ1) is 17.2. The molecule has 1 aromatic carbocycles. The number of benzene rings is 1. The van der Waals surface area contributed by atoms with E-state index in [1.54, 1.807) is 17.0 Å². The van der Waals surface area contributed by atoms with Gasteiger partial charge in [0.15, 0.2) is 0 Å². The van der Waals surface area contributed by atoms with Crippen molar-refractivity contribution in [2.75, 3.05) is 19.7 Å². The normalized spacial score (nSPS) is 10.5. The van der Waals surface area contributed by atoms with Crippen LogP contribution in [0, 0.1) is 6.92 Å². The number of rotatable bonds is 7. The molecule has 0 aliphatic heterocycles. The fourth-order valence-electron chi connectivity index (χ4n) is 1.98. The number of nitrogens with zero attached hydrogens (tertiary/aromatic N) is 1. The minimum absolute atomic E-state index is 0.0314. The van der Waals surface area contributed by atoms with Gasteiger partial charge in [-0.2, -0.15) is 0 Å². The number of carbonyl (C=O) groups excluding carboxylic acids is 2. The van der Waals surface area contributed by atoms with Crippen LogP contribution >= 0.6 is 0 Å². The van der Waals surface area contributed by atoms with Crippen molar-refractivity contribution in [3.8, 4) is 0 Å². The van der Waals surface area contributed by atoms with Crippen molar-refractivity contribution < 1.29 is 14.7 Å². The van der Waals surface area contributed by atoms with Gasteiger partial charge < -0.3 is 15.3 Å². The van der Waals surface area contributed by atoms with Gasteiger partial charge in [-0.1, -0.05) is 17.7 Å². The maximum absolute atomic E-state index is 12.1. The molecular weight excluding hydrogens is 268 g/mol. The summed E-state index contributed by atoms with van der Waals surface area (Å²) in [7, 11) is 0. The molecule has 0 bridgehead atoms. The Kier molecular flexibility index (Phi) is 6.88. The highest BCUT2D eigenvalue weighted by Gasteiger charge is 2.17. The first-order valence-corrected chi connectivity index (χ1v) is 7.21. The molecule has 0 spiro atoms. The van der Waals surface area contributed by atoms with Gasteiger partial charge in [-0.15, -0.1) is 0 Å². The summed E-state index contributed by atoms with van der Waals surface area (Å²) < 4.78 is 0. The molecule has 0 aromatic heterocycles. The van der Waals surface area contributed by atoms with Gasteiger partial charge in [-0.3, -0.25) is 9.59 Å². The summed E-state index contributed by atoms with van der Waals surface area (Å²) in [6.45, 7) is 6.29. The molecule has 0 aliphatic carbocycles. The van der Waals surface area contributed by atoms with Crippen molar-refractivity contribution in [2.45, 2.75) is 33.2 Å². The SMILES string of the molecule is Cc1ccc(C(=O)NCC(=O)N(CCCO)C(C)C)cc1. The summed E-state index contributed by atoms with van der Waals surface area (Å²) in [4.78, 5) is 25.7. The fourth-order valence-corrected chi connectivity index (χ4v) is 1.98. The zero-order valence-corrected chi connectivity index (χ0v) is 12.9. The molecule has 0 saturated heterocycles. The summed E-state index contributed by atoms with van der Waals surface area (Å²) in [5.41, 5.74) is 1.62. The van der Waals surface area contributed by atoms with Crippen molar-refractivity contribution in [3.05, 3.63) is 35.4 Å². The van der Waals surface area contributed by atoms with Crippen LogP contribution in [0.5, 0.6) is 0 Å². The molecule has 0 aliphatic rings. The van der Waals surface area contributed by atoms with Gasteiger partial charge >= 0.3 is 0 Å². The molecule has 2 amide bonds. The molecule has 21 heavy (non-hydrogen) atoms. The van der Waals surface area contributed by atoms with Crippen molar-refractivity contribution in [3.63, 3.8) is 0 Å². The van der Waals surface area contributed by atoms with Gasteiger partial charge in [-0.25, -0.2) is 0 Å². The largest absolute Gasteiger partial charge is 0.396 e. The van der Waals surface area contributed by atoms with E-state index in [2.05, 4.69) is 5.32 Å². The molecule has 1 aromatic rings. The predicted molar refractivity (Wildman–Crippen MR) is 82.1 cm³/mol. The Bertz CT molecular complexity index is 469. The maximum atomic E-state index is 12.1. The lowest BCUT2D eigenvalue weighted by molar-refractivity contribution is -0.131. The van der Waals surface area contributed by atoms with Gasteiger partial charge in [0, 0.05) is 24.8 Å². The number of aliphatic hydroxyl groups excluding tert-OH is 1. The first-order valence-electron chi connectivity index (χ1n) is 7.21. The number of aliphatic hydroxyl groups is 1. The second kappa shape index (κ2) is 8.42. The molecule has 0 heterocycles. The average Bonchev–Trinajstić information content (AvgIpc) is 2.45. The topological polar surface area (TPSA) is 69.6 Å². The highest BCUT2D eigenvalue weighted by atomic mass is 16.3.